The Morgan fingerprint density at radius 3 is 1.44 bits per heavy atom. The molecule has 6 heteroatoms. The minimum Gasteiger partial charge on any atom is -0.309 e. The second-order valence-electron chi connectivity index (χ2n) is 20.2. The third kappa shape index (κ3) is 6.20. The van der Waals surface area contributed by atoms with Crippen LogP contribution in [0.5, 0.6) is 0 Å². The topological polar surface area (TPSA) is 72.3 Å². The van der Waals surface area contributed by atoms with Gasteiger partial charge in [-0.2, -0.15) is 5.26 Å². The second kappa shape index (κ2) is 16.5. The van der Waals surface area contributed by atoms with Gasteiger partial charge >= 0.3 is 0 Å². The first kappa shape index (κ1) is 43.0. The molecule has 11 aromatic carbocycles. The molecule has 6 nitrogen and oxygen atoms in total. The van der Waals surface area contributed by atoms with Gasteiger partial charge in [-0.15, -0.1) is 0 Å². The largest absolute Gasteiger partial charge is 0.309 e. The molecule has 1 atom stereocenters. The quantitative estimate of drug-likeness (QED) is 0.166. The van der Waals surface area contributed by atoms with Crippen LogP contribution in [0.25, 0.3) is 123 Å². The summed E-state index contributed by atoms with van der Waals surface area (Å²) >= 11 is 0. The summed E-state index contributed by atoms with van der Waals surface area (Å²) in [6, 6.07) is 93.5. The Bertz CT molecular complexity index is 4760. The Kier molecular flexibility index (Phi) is 9.22. The summed E-state index contributed by atoms with van der Waals surface area (Å²) in [6.07, 6.45) is 0. The van der Waals surface area contributed by atoms with Crippen LogP contribution < -0.4 is 0 Å². The van der Waals surface area contributed by atoms with Crippen LogP contribution >= 0.6 is 0 Å². The highest BCUT2D eigenvalue weighted by atomic mass is 15.0. The lowest BCUT2D eigenvalue weighted by molar-refractivity contribution is 0.795. The van der Waals surface area contributed by atoms with E-state index < -0.39 is 5.41 Å². The Morgan fingerprint density at radius 1 is 0.312 bits per heavy atom. The van der Waals surface area contributed by atoms with Crippen LogP contribution in [0.2, 0.25) is 0 Å². The molecule has 3 heterocycles. The van der Waals surface area contributed by atoms with Crippen molar-refractivity contribution in [3.05, 3.63) is 283 Å². The molecule has 14 aromatic rings. The van der Waals surface area contributed by atoms with Crippen molar-refractivity contribution in [2.75, 3.05) is 0 Å². The van der Waals surface area contributed by atoms with E-state index in [1.54, 1.807) is 0 Å². The van der Waals surface area contributed by atoms with E-state index in [1.807, 2.05) is 72.8 Å². The summed E-state index contributed by atoms with van der Waals surface area (Å²) < 4.78 is 4.65. The predicted octanol–water partition coefficient (Wildman–Crippen LogP) is 16.9. The van der Waals surface area contributed by atoms with Crippen molar-refractivity contribution in [3.63, 3.8) is 0 Å². The molecule has 0 amide bonds. The van der Waals surface area contributed by atoms with Gasteiger partial charge < -0.3 is 9.13 Å². The molecule has 2 aliphatic carbocycles. The molecule has 0 aliphatic heterocycles. The highest BCUT2D eigenvalue weighted by Crippen LogP contribution is 2.64. The Labute approximate surface area is 443 Å². The fourth-order valence-corrected chi connectivity index (χ4v) is 12.9. The van der Waals surface area contributed by atoms with E-state index in [-0.39, 0.29) is 0 Å². The van der Waals surface area contributed by atoms with Crippen LogP contribution in [-0.2, 0) is 5.41 Å². The van der Waals surface area contributed by atoms with Gasteiger partial charge in [0.05, 0.1) is 38.7 Å². The molecule has 356 valence electrons. The normalized spacial score (nSPS) is 14.0. The molecule has 16 rings (SSSR count). The van der Waals surface area contributed by atoms with Crippen molar-refractivity contribution in [1.82, 2.24) is 24.1 Å². The average molecular weight is 979 g/mol. The van der Waals surface area contributed by atoms with E-state index in [1.165, 1.54) is 77.4 Å². The van der Waals surface area contributed by atoms with Crippen LogP contribution in [-0.4, -0.2) is 24.1 Å². The van der Waals surface area contributed by atoms with Gasteiger partial charge in [-0.1, -0.05) is 182 Å². The molecule has 0 fully saturated rings. The lowest BCUT2D eigenvalue weighted by atomic mass is 9.70. The zero-order valence-electron chi connectivity index (χ0n) is 41.4. The van der Waals surface area contributed by atoms with Crippen molar-refractivity contribution in [3.8, 4) is 85.0 Å². The van der Waals surface area contributed by atoms with Crippen molar-refractivity contribution in [1.29, 1.82) is 5.26 Å². The Morgan fingerprint density at radius 2 is 0.792 bits per heavy atom. The van der Waals surface area contributed by atoms with Gasteiger partial charge in [-0.25, -0.2) is 15.0 Å². The van der Waals surface area contributed by atoms with E-state index in [2.05, 4.69) is 197 Å². The number of aromatic nitrogens is 5. The van der Waals surface area contributed by atoms with Crippen molar-refractivity contribution >= 4 is 43.6 Å². The summed E-state index contributed by atoms with van der Waals surface area (Å²) in [6.45, 7) is 0. The summed E-state index contributed by atoms with van der Waals surface area (Å²) in [5.74, 6) is 1.64. The van der Waals surface area contributed by atoms with Crippen LogP contribution in [0.15, 0.2) is 255 Å². The van der Waals surface area contributed by atoms with E-state index >= 15 is 0 Å². The molecule has 1 unspecified atom stereocenters. The molecule has 0 bridgehead atoms. The molecular weight excluding hydrogens is 937 g/mol. The molecule has 3 aromatic heterocycles. The number of para-hydroxylation sites is 3. The maximum Gasteiger partial charge on any atom is 0.164 e. The standard InChI is InChI=1S/C71H42N6/c72-43-49-38-48(70-74-68(44-18-4-1-5-19-44)73-69(75-70)45-20-6-2-7-21-45)34-36-63(49)77-65-31-17-13-27-54(65)58-41-62-56(42-67(58)77)52-25-11-15-29-60(52)71(62)59-28-14-10-24-51(59)55-39-46(32-35-61(55)71)47-33-37-66-57(40-47)53-26-12-16-30-64(53)76(66)50-22-8-3-9-23-50/h1-42H. The number of nitrogens with zero attached hydrogens (tertiary/aromatic N) is 6. The van der Waals surface area contributed by atoms with Crippen molar-refractivity contribution in [2.45, 2.75) is 5.41 Å². The van der Waals surface area contributed by atoms with Crippen LogP contribution in [0.4, 0.5) is 0 Å². The number of hydrogen-bond donors (Lipinski definition) is 0. The third-order valence-corrected chi connectivity index (χ3v) is 16.2. The fraction of sp³-hybridized carbons (Fsp3) is 0.0141. The van der Waals surface area contributed by atoms with E-state index in [0.29, 0.717) is 23.0 Å². The first-order valence-electron chi connectivity index (χ1n) is 26.1. The summed E-state index contributed by atoms with van der Waals surface area (Å²) in [4.78, 5) is 14.9. The lowest BCUT2D eigenvalue weighted by Gasteiger charge is -2.30. The predicted molar refractivity (Wildman–Crippen MR) is 311 cm³/mol. The maximum atomic E-state index is 11.1. The molecule has 2 aliphatic rings. The van der Waals surface area contributed by atoms with Crippen LogP contribution in [0, 0.1) is 11.3 Å². The van der Waals surface area contributed by atoms with Gasteiger partial charge in [-0.3, -0.25) is 0 Å². The monoisotopic (exact) mass is 978 g/mol. The molecule has 0 saturated carbocycles. The van der Waals surface area contributed by atoms with E-state index in [4.69, 9.17) is 15.0 Å². The Balaban J connectivity index is 0.868. The zero-order valence-corrected chi connectivity index (χ0v) is 41.4. The highest BCUT2D eigenvalue weighted by Gasteiger charge is 2.52. The minimum atomic E-state index is -0.567. The molecular formula is C71H42N6. The highest BCUT2D eigenvalue weighted by molar-refractivity contribution is 6.13. The molecule has 0 saturated heterocycles. The second-order valence-corrected chi connectivity index (χ2v) is 20.2. The van der Waals surface area contributed by atoms with Crippen LogP contribution in [0.3, 0.4) is 0 Å². The van der Waals surface area contributed by atoms with Gasteiger partial charge in [0.1, 0.15) is 6.07 Å². The number of nitriles is 1. The third-order valence-electron chi connectivity index (χ3n) is 16.2. The first-order valence-corrected chi connectivity index (χ1v) is 26.1. The number of rotatable bonds is 6. The fourth-order valence-electron chi connectivity index (χ4n) is 12.9. The molecule has 0 radical (unpaired) electrons. The SMILES string of the molecule is N#Cc1cc(-c2nc(-c3ccccc3)nc(-c3ccccc3)n2)ccc1-n1c2ccccc2c2cc3c(cc21)-c1ccccc1C31c2ccccc2-c2cc(-c3ccc4c(c3)c3ccccc3n4-c3ccccc3)ccc21. The molecule has 77 heavy (non-hydrogen) atoms. The number of fused-ring (bicyclic) bond motifs is 16. The zero-order chi connectivity index (χ0) is 50.8. The van der Waals surface area contributed by atoms with Gasteiger partial charge in [0.25, 0.3) is 0 Å². The average Bonchev–Trinajstić information content (AvgIpc) is 4.17. The van der Waals surface area contributed by atoms with Gasteiger partial charge in [0.2, 0.25) is 0 Å². The first-order chi connectivity index (χ1) is 38.1. The lowest BCUT2D eigenvalue weighted by Crippen LogP contribution is -2.25. The van der Waals surface area contributed by atoms with Crippen LogP contribution in [0.1, 0.15) is 27.8 Å². The van der Waals surface area contributed by atoms with Crippen molar-refractivity contribution < 1.29 is 0 Å². The van der Waals surface area contributed by atoms with Gasteiger partial charge in [0.15, 0.2) is 17.5 Å². The number of benzene rings is 11. The maximum absolute atomic E-state index is 11.1. The van der Waals surface area contributed by atoms with E-state index in [0.717, 1.165) is 49.9 Å². The number of hydrogen-bond acceptors (Lipinski definition) is 4. The Hall–Kier alpha value is -10.5. The van der Waals surface area contributed by atoms with E-state index in [9.17, 15) is 5.26 Å². The minimum absolute atomic E-state index is 0.500. The summed E-state index contributed by atoms with van der Waals surface area (Å²) in [7, 11) is 0. The van der Waals surface area contributed by atoms with Gasteiger partial charge in [-0.05, 0) is 128 Å². The summed E-state index contributed by atoms with van der Waals surface area (Å²) in [5.41, 5.74) is 21.2. The van der Waals surface area contributed by atoms with Gasteiger partial charge in [0, 0.05) is 43.9 Å². The summed E-state index contributed by atoms with van der Waals surface area (Å²) in [5, 5.41) is 15.8. The molecule has 0 N–H and O–H groups in total. The molecule has 1 spiro atoms. The smallest absolute Gasteiger partial charge is 0.164 e. The van der Waals surface area contributed by atoms with Crippen molar-refractivity contribution in [2.24, 2.45) is 0 Å².